The lowest BCUT2D eigenvalue weighted by Crippen LogP contribution is -2.35. The maximum Gasteiger partial charge on any atom is 0.325 e. The number of nitrogens with one attached hydrogen (secondary N) is 1. The molecule has 2 aliphatic rings. The minimum absolute atomic E-state index is 0.183. The van der Waals surface area contributed by atoms with Gasteiger partial charge in [0.15, 0.2) is 0 Å². The number of aliphatic hydroxyl groups excluding tert-OH is 1. The third-order valence-corrected chi connectivity index (χ3v) is 5.15. The molecule has 0 atom stereocenters. The lowest BCUT2D eigenvalue weighted by atomic mass is 9.84. The van der Waals surface area contributed by atoms with E-state index in [-0.39, 0.29) is 24.4 Å². The molecule has 1 heterocycles. The Balaban J connectivity index is 1.63. The molecule has 0 unspecified atom stereocenters. The van der Waals surface area contributed by atoms with Crippen molar-refractivity contribution in [2.75, 3.05) is 25.5 Å². The molecule has 0 saturated heterocycles. The second-order valence-electron chi connectivity index (χ2n) is 6.97. The Labute approximate surface area is 158 Å². The topological polar surface area (TPSA) is 95.9 Å². The molecule has 7 heteroatoms. The third kappa shape index (κ3) is 4.30. The van der Waals surface area contributed by atoms with E-state index < -0.39 is 17.8 Å². The van der Waals surface area contributed by atoms with Gasteiger partial charge in [-0.1, -0.05) is 31.4 Å². The first-order valence-electron chi connectivity index (χ1n) is 9.19. The van der Waals surface area contributed by atoms with Gasteiger partial charge < -0.3 is 20.1 Å². The fraction of sp³-hybridized carbons (Fsp3) is 0.450. The normalized spacial score (nSPS) is 18.0. The van der Waals surface area contributed by atoms with Crippen LogP contribution in [0.5, 0.6) is 0 Å². The lowest BCUT2D eigenvalue weighted by Gasteiger charge is -2.22. The summed E-state index contributed by atoms with van der Waals surface area (Å²) in [6.45, 7) is -0.496. The SMILES string of the molecule is COC(=O)CN1CC(O)=C(C(=O)Nc2ccc(C3CCCCC3)cc2)C1=O. The van der Waals surface area contributed by atoms with E-state index in [1.165, 1.54) is 44.8 Å². The summed E-state index contributed by atoms with van der Waals surface area (Å²) < 4.78 is 4.51. The van der Waals surface area contributed by atoms with Gasteiger partial charge in [0, 0.05) is 5.69 Å². The Morgan fingerprint density at radius 3 is 2.48 bits per heavy atom. The summed E-state index contributed by atoms with van der Waals surface area (Å²) in [7, 11) is 1.21. The van der Waals surface area contributed by atoms with Crippen molar-refractivity contribution in [2.45, 2.75) is 38.0 Å². The van der Waals surface area contributed by atoms with Crippen molar-refractivity contribution >= 4 is 23.5 Å². The first-order valence-corrected chi connectivity index (χ1v) is 9.19. The van der Waals surface area contributed by atoms with E-state index in [1.807, 2.05) is 24.3 Å². The van der Waals surface area contributed by atoms with Crippen LogP contribution in [0.3, 0.4) is 0 Å². The van der Waals surface area contributed by atoms with E-state index in [0.717, 1.165) is 4.90 Å². The van der Waals surface area contributed by atoms with Crippen LogP contribution in [0, 0.1) is 0 Å². The molecule has 0 bridgehead atoms. The zero-order chi connectivity index (χ0) is 19.4. The second-order valence-corrected chi connectivity index (χ2v) is 6.97. The molecule has 0 radical (unpaired) electrons. The van der Waals surface area contributed by atoms with Crippen molar-refractivity contribution < 1.29 is 24.2 Å². The maximum absolute atomic E-state index is 12.4. The van der Waals surface area contributed by atoms with Gasteiger partial charge in [0.1, 0.15) is 17.9 Å². The Morgan fingerprint density at radius 1 is 1.19 bits per heavy atom. The number of anilines is 1. The molecule has 1 fully saturated rings. The van der Waals surface area contributed by atoms with Gasteiger partial charge in [-0.15, -0.1) is 0 Å². The number of esters is 1. The van der Waals surface area contributed by atoms with Gasteiger partial charge in [0.25, 0.3) is 11.8 Å². The molecule has 1 aliphatic heterocycles. The monoisotopic (exact) mass is 372 g/mol. The molecule has 1 aliphatic carbocycles. The quantitative estimate of drug-likeness (QED) is 0.612. The summed E-state index contributed by atoms with van der Waals surface area (Å²) in [5, 5.41) is 12.6. The van der Waals surface area contributed by atoms with Gasteiger partial charge in [-0.05, 0) is 36.5 Å². The van der Waals surface area contributed by atoms with Gasteiger partial charge in [-0.3, -0.25) is 14.4 Å². The highest BCUT2D eigenvalue weighted by Gasteiger charge is 2.36. The van der Waals surface area contributed by atoms with Crippen LogP contribution in [0.4, 0.5) is 5.69 Å². The van der Waals surface area contributed by atoms with E-state index in [4.69, 9.17) is 0 Å². The Morgan fingerprint density at radius 2 is 1.85 bits per heavy atom. The molecule has 27 heavy (non-hydrogen) atoms. The predicted octanol–water partition coefficient (Wildman–Crippen LogP) is 2.50. The van der Waals surface area contributed by atoms with Crippen LogP contribution >= 0.6 is 0 Å². The van der Waals surface area contributed by atoms with Crippen molar-refractivity contribution in [1.82, 2.24) is 4.90 Å². The second kappa shape index (κ2) is 8.24. The molecule has 1 saturated carbocycles. The predicted molar refractivity (Wildman–Crippen MR) is 99.1 cm³/mol. The van der Waals surface area contributed by atoms with Crippen molar-refractivity contribution in [3.8, 4) is 0 Å². The largest absolute Gasteiger partial charge is 0.509 e. The zero-order valence-corrected chi connectivity index (χ0v) is 15.4. The van der Waals surface area contributed by atoms with Gasteiger partial charge >= 0.3 is 5.97 Å². The van der Waals surface area contributed by atoms with E-state index >= 15 is 0 Å². The molecule has 3 rings (SSSR count). The fourth-order valence-corrected chi connectivity index (χ4v) is 3.66. The van der Waals surface area contributed by atoms with E-state index in [0.29, 0.717) is 11.6 Å². The molecule has 1 aromatic rings. The van der Waals surface area contributed by atoms with Crippen LogP contribution in [0.2, 0.25) is 0 Å². The number of hydrogen-bond acceptors (Lipinski definition) is 5. The molecule has 144 valence electrons. The average Bonchev–Trinajstić information content (AvgIpc) is 2.96. The van der Waals surface area contributed by atoms with Crippen LogP contribution in [0.15, 0.2) is 35.6 Å². The van der Waals surface area contributed by atoms with E-state index in [9.17, 15) is 19.5 Å². The van der Waals surface area contributed by atoms with Crippen molar-refractivity contribution in [1.29, 1.82) is 0 Å². The van der Waals surface area contributed by atoms with Crippen LogP contribution in [-0.2, 0) is 19.1 Å². The number of benzene rings is 1. The summed E-state index contributed by atoms with van der Waals surface area (Å²) in [6.07, 6.45) is 6.18. The van der Waals surface area contributed by atoms with E-state index in [1.54, 1.807) is 0 Å². The average molecular weight is 372 g/mol. The number of rotatable bonds is 5. The van der Waals surface area contributed by atoms with Gasteiger partial charge in [0.05, 0.1) is 13.7 Å². The number of ether oxygens (including phenoxy) is 1. The molecule has 7 nitrogen and oxygen atoms in total. The van der Waals surface area contributed by atoms with Crippen LogP contribution in [0.25, 0.3) is 0 Å². The number of carbonyl (C=O) groups excluding carboxylic acids is 3. The molecule has 0 spiro atoms. The van der Waals surface area contributed by atoms with Crippen molar-refractivity contribution in [3.05, 3.63) is 41.2 Å². The molecule has 0 aromatic heterocycles. The molecular formula is C20H24N2O5. The highest BCUT2D eigenvalue weighted by Crippen LogP contribution is 2.33. The molecule has 1 aromatic carbocycles. The Kier molecular flexibility index (Phi) is 5.78. The number of methoxy groups -OCH3 is 1. The third-order valence-electron chi connectivity index (χ3n) is 5.15. The number of amides is 2. The standard InChI is InChI=1S/C20H24N2O5/c1-27-17(24)12-22-11-16(23)18(20(22)26)19(25)21-15-9-7-14(8-10-15)13-5-3-2-4-6-13/h7-10,13,23H,2-6,11-12H2,1H3,(H,21,25). The zero-order valence-electron chi connectivity index (χ0n) is 15.4. The summed E-state index contributed by atoms with van der Waals surface area (Å²) in [5.74, 6) is -1.76. The maximum atomic E-state index is 12.4. The minimum Gasteiger partial charge on any atom is -0.509 e. The molecule has 2 amide bonds. The summed E-state index contributed by atoms with van der Waals surface area (Å²) >= 11 is 0. The van der Waals surface area contributed by atoms with Crippen molar-refractivity contribution in [3.63, 3.8) is 0 Å². The first kappa shape index (κ1) is 18.9. The van der Waals surface area contributed by atoms with Crippen LogP contribution in [0.1, 0.15) is 43.6 Å². The summed E-state index contributed by atoms with van der Waals surface area (Å²) in [5.41, 5.74) is 1.48. The number of carbonyl (C=O) groups is 3. The lowest BCUT2D eigenvalue weighted by molar-refractivity contribution is -0.145. The molecule has 2 N–H and O–H groups in total. The summed E-state index contributed by atoms with van der Waals surface area (Å²) in [4.78, 5) is 37.1. The van der Waals surface area contributed by atoms with Crippen LogP contribution < -0.4 is 5.32 Å². The van der Waals surface area contributed by atoms with Crippen LogP contribution in [-0.4, -0.2) is 48.0 Å². The number of aliphatic hydroxyl groups is 1. The van der Waals surface area contributed by atoms with E-state index in [2.05, 4.69) is 10.1 Å². The van der Waals surface area contributed by atoms with Crippen molar-refractivity contribution in [2.24, 2.45) is 0 Å². The minimum atomic E-state index is -0.686. The Hall–Kier alpha value is -2.83. The first-order chi connectivity index (χ1) is 13.0. The Bertz CT molecular complexity index is 763. The number of nitrogens with zero attached hydrogens (tertiary/aromatic N) is 1. The highest BCUT2D eigenvalue weighted by molar-refractivity contribution is 6.24. The smallest absolute Gasteiger partial charge is 0.325 e. The number of hydrogen-bond donors (Lipinski definition) is 2. The fourth-order valence-electron chi connectivity index (χ4n) is 3.66. The highest BCUT2D eigenvalue weighted by atomic mass is 16.5. The molecular weight excluding hydrogens is 348 g/mol. The van der Waals surface area contributed by atoms with Gasteiger partial charge in [-0.25, -0.2) is 0 Å². The van der Waals surface area contributed by atoms with Gasteiger partial charge in [-0.2, -0.15) is 0 Å². The van der Waals surface area contributed by atoms with Gasteiger partial charge in [0.2, 0.25) is 0 Å². The summed E-state index contributed by atoms with van der Waals surface area (Å²) in [6, 6.07) is 7.62.